The molecule has 0 N–H and O–H groups in total. The average Bonchev–Trinajstić information content (AvgIpc) is 2.52. The van der Waals surface area contributed by atoms with E-state index in [1.807, 2.05) is 23.1 Å². The molecule has 110 valence electrons. The molecule has 3 nitrogen and oxygen atoms in total. The van der Waals surface area contributed by atoms with Gasteiger partial charge in [-0.3, -0.25) is 9.69 Å². The molecule has 1 heterocycles. The molecule has 1 fully saturated rings. The largest absolute Gasteiger partial charge is 0.340 e. The standard InChI is InChI=1S/C17H26N2O/c1-2-3-11-18-12-14-19(15-13-18)17(20)10-9-16-7-5-4-6-8-16/h4-8H,2-3,9-15H2,1H3. The molecule has 1 amide bonds. The topological polar surface area (TPSA) is 23.6 Å². The van der Waals surface area contributed by atoms with Crippen molar-refractivity contribution in [3.8, 4) is 0 Å². The Hall–Kier alpha value is -1.35. The van der Waals surface area contributed by atoms with Gasteiger partial charge < -0.3 is 4.90 Å². The maximum atomic E-state index is 12.2. The first-order valence-corrected chi connectivity index (χ1v) is 7.83. The monoisotopic (exact) mass is 274 g/mol. The summed E-state index contributed by atoms with van der Waals surface area (Å²) in [5.41, 5.74) is 1.25. The van der Waals surface area contributed by atoms with Gasteiger partial charge in [-0.15, -0.1) is 0 Å². The Morgan fingerprint density at radius 3 is 2.45 bits per heavy atom. The van der Waals surface area contributed by atoms with Gasteiger partial charge in [0.15, 0.2) is 0 Å². The Labute approximate surface area is 122 Å². The van der Waals surface area contributed by atoms with E-state index in [-0.39, 0.29) is 0 Å². The van der Waals surface area contributed by atoms with Crippen molar-refractivity contribution in [2.45, 2.75) is 32.6 Å². The third-order valence-electron chi connectivity index (χ3n) is 4.02. The molecule has 2 rings (SSSR count). The second-order valence-corrected chi connectivity index (χ2v) is 5.56. The molecule has 0 spiro atoms. The average molecular weight is 274 g/mol. The van der Waals surface area contributed by atoms with Crippen LogP contribution in [0, 0.1) is 0 Å². The fourth-order valence-corrected chi connectivity index (χ4v) is 2.66. The number of amides is 1. The Morgan fingerprint density at radius 2 is 1.80 bits per heavy atom. The predicted molar refractivity (Wildman–Crippen MR) is 82.7 cm³/mol. The summed E-state index contributed by atoms with van der Waals surface area (Å²) in [4.78, 5) is 16.7. The molecular weight excluding hydrogens is 248 g/mol. The number of hydrogen-bond donors (Lipinski definition) is 0. The summed E-state index contributed by atoms with van der Waals surface area (Å²) in [5, 5.41) is 0. The molecule has 1 aliphatic rings. The highest BCUT2D eigenvalue weighted by Gasteiger charge is 2.20. The second-order valence-electron chi connectivity index (χ2n) is 5.56. The zero-order chi connectivity index (χ0) is 14.2. The van der Waals surface area contributed by atoms with Gasteiger partial charge in [0.1, 0.15) is 0 Å². The van der Waals surface area contributed by atoms with Gasteiger partial charge in [-0.05, 0) is 24.9 Å². The normalized spacial score (nSPS) is 16.4. The van der Waals surface area contributed by atoms with Crippen LogP contribution in [0.2, 0.25) is 0 Å². The first kappa shape index (κ1) is 15.0. The van der Waals surface area contributed by atoms with E-state index in [2.05, 4.69) is 24.0 Å². The van der Waals surface area contributed by atoms with Gasteiger partial charge in [0, 0.05) is 32.6 Å². The van der Waals surface area contributed by atoms with Crippen LogP contribution in [0.15, 0.2) is 30.3 Å². The van der Waals surface area contributed by atoms with Crippen LogP contribution in [0.25, 0.3) is 0 Å². The van der Waals surface area contributed by atoms with Crippen LogP contribution in [0.1, 0.15) is 31.7 Å². The van der Waals surface area contributed by atoms with Crippen LogP contribution in [0.3, 0.4) is 0 Å². The fraction of sp³-hybridized carbons (Fsp3) is 0.588. The highest BCUT2D eigenvalue weighted by Crippen LogP contribution is 2.08. The first-order chi connectivity index (χ1) is 9.79. The zero-order valence-corrected chi connectivity index (χ0v) is 12.6. The number of piperazine rings is 1. The van der Waals surface area contributed by atoms with E-state index >= 15 is 0 Å². The van der Waals surface area contributed by atoms with E-state index in [1.165, 1.54) is 24.9 Å². The van der Waals surface area contributed by atoms with Crippen LogP contribution in [0.5, 0.6) is 0 Å². The zero-order valence-electron chi connectivity index (χ0n) is 12.6. The molecule has 20 heavy (non-hydrogen) atoms. The summed E-state index contributed by atoms with van der Waals surface area (Å²) in [6, 6.07) is 10.3. The molecule has 0 unspecified atom stereocenters. The van der Waals surface area contributed by atoms with E-state index in [0.717, 1.165) is 32.6 Å². The van der Waals surface area contributed by atoms with Crippen molar-refractivity contribution in [2.75, 3.05) is 32.7 Å². The predicted octanol–water partition coefficient (Wildman–Crippen LogP) is 2.56. The summed E-state index contributed by atoms with van der Waals surface area (Å²) >= 11 is 0. The molecule has 0 aliphatic carbocycles. The highest BCUT2D eigenvalue weighted by atomic mass is 16.2. The lowest BCUT2D eigenvalue weighted by Crippen LogP contribution is -2.48. The van der Waals surface area contributed by atoms with E-state index in [1.54, 1.807) is 0 Å². The van der Waals surface area contributed by atoms with Crippen molar-refractivity contribution < 1.29 is 4.79 Å². The van der Waals surface area contributed by atoms with Gasteiger partial charge in [0.2, 0.25) is 5.91 Å². The van der Waals surface area contributed by atoms with Crippen LogP contribution in [-0.4, -0.2) is 48.4 Å². The number of carbonyl (C=O) groups is 1. The lowest BCUT2D eigenvalue weighted by molar-refractivity contribution is -0.132. The summed E-state index contributed by atoms with van der Waals surface area (Å²) in [7, 11) is 0. The summed E-state index contributed by atoms with van der Waals surface area (Å²) in [6.45, 7) is 7.29. The SMILES string of the molecule is CCCCN1CCN(C(=O)CCc2ccccc2)CC1. The number of hydrogen-bond acceptors (Lipinski definition) is 2. The lowest BCUT2D eigenvalue weighted by Gasteiger charge is -2.34. The quantitative estimate of drug-likeness (QED) is 0.796. The van der Waals surface area contributed by atoms with Crippen molar-refractivity contribution >= 4 is 5.91 Å². The molecule has 0 bridgehead atoms. The third-order valence-corrected chi connectivity index (χ3v) is 4.02. The van der Waals surface area contributed by atoms with Crippen LogP contribution < -0.4 is 0 Å². The molecule has 0 radical (unpaired) electrons. The minimum atomic E-state index is 0.309. The molecule has 3 heteroatoms. The second kappa shape index (κ2) is 8.05. The maximum absolute atomic E-state index is 12.2. The van der Waals surface area contributed by atoms with Crippen molar-refractivity contribution in [1.29, 1.82) is 0 Å². The highest BCUT2D eigenvalue weighted by molar-refractivity contribution is 5.76. The molecule has 1 aromatic carbocycles. The van der Waals surface area contributed by atoms with Crippen molar-refractivity contribution in [3.63, 3.8) is 0 Å². The van der Waals surface area contributed by atoms with Gasteiger partial charge in [0.05, 0.1) is 0 Å². The molecule has 1 saturated heterocycles. The summed E-state index contributed by atoms with van der Waals surface area (Å²) < 4.78 is 0. The van der Waals surface area contributed by atoms with Gasteiger partial charge in [-0.25, -0.2) is 0 Å². The number of unbranched alkanes of at least 4 members (excludes halogenated alkanes) is 1. The maximum Gasteiger partial charge on any atom is 0.222 e. The van der Waals surface area contributed by atoms with E-state index < -0.39 is 0 Å². The van der Waals surface area contributed by atoms with Crippen LogP contribution in [-0.2, 0) is 11.2 Å². The number of carbonyl (C=O) groups excluding carboxylic acids is 1. The third kappa shape index (κ3) is 4.64. The molecule has 1 aliphatic heterocycles. The van der Waals surface area contributed by atoms with Gasteiger partial charge in [0.25, 0.3) is 0 Å². The van der Waals surface area contributed by atoms with Crippen molar-refractivity contribution in [2.24, 2.45) is 0 Å². The number of rotatable bonds is 6. The summed E-state index contributed by atoms with van der Waals surface area (Å²) in [6.07, 6.45) is 4.01. The minimum Gasteiger partial charge on any atom is -0.340 e. The number of aryl methyl sites for hydroxylation is 1. The van der Waals surface area contributed by atoms with E-state index in [9.17, 15) is 4.79 Å². The van der Waals surface area contributed by atoms with E-state index in [4.69, 9.17) is 0 Å². The smallest absolute Gasteiger partial charge is 0.222 e. The Morgan fingerprint density at radius 1 is 1.10 bits per heavy atom. The molecule has 0 aromatic heterocycles. The minimum absolute atomic E-state index is 0.309. The number of nitrogens with zero attached hydrogens (tertiary/aromatic N) is 2. The molecular formula is C17H26N2O. The fourth-order valence-electron chi connectivity index (χ4n) is 2.66. The van der Waals surface area contributed by atoms with Crippen LogP contribution in [0.4, 0.5) is 0 Å². The van der Waals surface area contributed by atoms with Crippen molar-refractivity contribution in [3.05, 3.63) is 35.9 Å². The Kier molecular flexibility index (Phi) is 6.06. The Bertz CT molecular complexity index is 397. The van der Waals surface area contributed by atoms with Crippen LogP contribution >= 0.6 is 0 Å². The van der Waals surface area contributed by atoms with Gasteiger partial charge in [-0.1, -0.05) is 43.7 Å². The summed E-state index contributed by atoms with van der Waals surface area (Å²) in [5.74, 6) is 0.309. The molecule has 0 atom stereocenters. The van der Waals surface area contributed by atoms with E-state index in [0.29, 0.717) is 12.3 Å². The van der Waals surface area contributed by atoms with Gasteiger partial charge >= 0.3 is 0 Å². The molecule has 1 aromatic rings. The lowest BCUT2D eigenvalue weighted by atomic mass is 10.1. The van der Waals surface area contributed by atoms with Gasteiger partial charge in [-0.2, -0.15) is 0 Å². The molecule has 0 saturated carbocycles. The van der Waals surface area contributed by atoms with Crippen molar-refractivity contribution in [1.82, 2.24) is 9.80 Å². The number of benzene rings is 1. The Balaban J connectivity index is 1.69. The first-order valence-electron chi connectivity index (χ1n) is 7.83.